The Morgan fingerprint density at radius 3 is 2.78 bits per heavy atom. The molecule has 180 valence electrons. The highest BCUT2D eigenvalue weighted by Crippen LogP contribution is 2.32. The van der Waals surface area contributed by atoms with E-state index in [2.05, 4.69) is 20.3 Å². The van der Waals surface area contributed by atoms with Gasteiger partial charge in [-0.25, -0.2) is 19.7 Å². The lowest BCUT2D eigenvalue weighted by molar-refractivity contribution is 0.101. The number of Topliss-reactive ketones (excluding diaryl/α,β-unsaturated/α-hetero) is 1. The summed E-state index contributed by atoms with van der Waals surface area (Å²) < 4.78 is 13.0. The van der Waals surface area contributed by atoms with Gasteiger partial charge < -0.3 is 19.4 Å². The Balaban J connectivity index is 1.38. The maximum Gasteiger partial charge on any atom is 0.349 e. The Hall–Kier alpha value is -4.57. The molecule has 6 rings (SSSR count). The van der Waals surface area contributed by atoms with E-state index in [1.165, 1.54) is 6.92 Å². The fourth-order valence-corrected chi connectivity index (χ4v) is 4.50. The van der Waals surface area contributed by atoms with Crippen LogP contribution >= 0.6 is 0 Å². The van der Waals surface area contributed by atoms with Crippen LogP contribution in [0.2, 0.25) is 0 Å². The number of ether oxygens (including phenoxy) is 1. The van der Waals surface area contributed by atoms with E-state index < -0.39 is 5.63 Å². The number of carbonyl (C=O) groups is 1. The molecule has 0 radical (unpaired) electrons. The Morgan fingerprint density at radius 1 is 1.08 bits per heavy atom. The van der Waals surface area contributed by atoms with Gasteiger partial charge in [0.15, 0.2) is 5.78 Å². The Morgan fingerprint density at radius 2 is 1.94 bits per heavy atom. The minimum atomic E-state index is -0.653. The largest absolute Gasteiger partial charge is 0.422 e. The van der Waals surface area contributed by atoms with Crippen LogP contribution in [0.15, 0.2) is 70.3 Å². The zero-order valence-electron chi connectivity index (χ0n) is 19.5. The first-order chi connectivity index (χ1) is 17.6. The smallest absolute Gasteiger partial charge is 0.349 e. The molecular weight excluding hydrogens is 460 g/mol. The van der Waals surface area contributed by atoms with Crippen molar-refractivity contribution in [3.8, 4) is 11.4 Å². The summed E-state index contributed by atoms with van der Waals surface area (Å²) in [5.41, 5.74) is 3.39. The molecule has 0 amide bonds. The third-order valence-electron chi connectivity index (χ3n) is 6.15. The summed E-state index contributed by atoms with van der Waals surface area (Å²) in [7, 11) is 0. The van der Waals surface area contributed by atoms with Crippen molar-refractivity contribution in [2.75, 3.05) is 36.5 Å². The van der Waals surface area contributed by atoms with E-state index in [4.69, 9.17) is 9.15 Å². The van der Waals surface area contributed by atoms with Gasteiger partial charge >= 0.3 is 5.63 Å². The summed E-state index contributed by atoms with van der Waals surface area (Å²) in [6.07, 6.45) is 5.37. The number of hydrogen-bond acceptors (Lipinski definition) is 9. The number of ketones is 1. The van der Waals surface area contributed by atoms with Gasteiger partial charge in [-0.05, 0) is 37.3 Å². The average molecular weight is 483 g/mol. The second kappa shape index (κ2) is 8.90. The number of pyridine rings is 1. The number of anilines is 3. The molecule has 1 aliphatic rings. The lowest BCUT2D eigenvalue weighted by atomic mass is 10.1. The Kier molecular flexibility index (Phi) is 5.42. The summed E-state index contributed by atoms with van der Waals surface area (Å²) in [6.45, 7) is 3.61. The van der Waals surface area contributed by atoms with Gasteiger partial charge in [0, 0.05) is 42.6 Å². The predicted octanol–water partition coefficient (Wildman–Crippen LogP) is 3.68. The zero-order valence-corrected chi connectivity index (χ0v) is 19.5. The van der Waals surface area contributed by atoms with Crippen LogP contribution in [0.3, 0.4) is 0 Å². The number of fused-ring (bicyclic) bond motifs is 2. The second-order valence-corrected chi connectivity index (χ2v) is 8.44. The van der Waals surface area contributed by atoms with E-state index in [-0.39, 0.29) is 11.3 Å². The van der Waals surface area contributed by atoms with E-state index in [0.717, 1.165) is 11.3 Å². The molecule has 10 heteroatoms. The molecule has 1 aromatic carbocycles. The van der Waals surface area contributed by atoms with Crippen molar-refractivity contribution in [3.63, 3.8) is 0 Å². The van der Waals surface area contributed by atoms with Crippen LogP contribution in [0.1, 0.15) is 17.3 Å². The average Bonchev–Trinajstić information content (AvgIpc) is 3.32. The van der Waals surface area contributed by atoms with E-state index in [0.29, 0.717) is 60.3 Å². The van der Waals surface area contributed by atoms with Crippen LogP contribution in [-0.2, 0) is 4.74 Å². The number of carbonyl (C=O) groups excluding carboxylic acids is 1. The summed E-state index contributed by atoms with van der Waals surface area (Å²) in [5, 5.41) is 3.88. The van der Waals surface area contributed by atoms with Crippen LogP contribution in [0.25, 0.3) is 28.0 Å². The number of benzene rings is 1. The van der Waals surface area contributed by atoms with Crippen molar-refractivity contribution in [2.24, 2.45) is 0 Å². The van der Waals surface area contributed by atoms with E-state index >= 15 is 0 Å². The van der Waals surface area contributed by atoms with Gasteiger partial charge in [0.2, 0.25) is 5.95 Å². The minimum Gasteiger partial charge on any atom is -0.422 e. The number of imidazole rings is 1. The molecule has 0 bridgehead atoms. The molecule has 36 heavy (non-hydrogen) atoms. The molecule has 5 heterocycles. The fraction of sp³-hybridized carbons (Fsp3) is 0.192. The van der Waals surface area contributed by atoms with Gasteiger partial charge in [0.1, 0.15) is 16.8 Å². The molecule has 0 unspecified atom stereocenters. The molecule has 5 aromatic rings. The van der Waals surface area contributed by atoms with Gasteiger partial charge in [-0.2, -0.15) is 0 Å². The third-order valence-corrected chi connectivity index (χ3v) is 6.15. The second-order valence-electron chi connectivity index (χ2n) is 8.44. The quantitative estimate of drug-likeness (QED) is 0.296. The number of rotatable bonds is 5. The van der Waals surface area contributed by atoms with Crippen molar-refractivity contribution < 1.29 is 13.9 Å². The van der Waals surface area contributed by atoms with Crippen LogP contribution in [0.5, 0.6) is 0 Å². The molecule has 0 aliphatic carbocycles. The topological polar surface area (TPSA) is 115 Å². The van der Waals surface area contributed by atoms with Gasteiger partial charge in [-0.1, -0.05) is 6.07 Å². The van der Waals surface area contributed by atoms with Crippen molar-refractivity contribution in [2.45, 2.75) is 6.92 Å². The molecule has 0 saturated carbocycles. The van der Waals surface area contributed by atoms with Gasteiger partial charge in [0.05, 0.1) is 36.5 Å². The normalized spacial score (nSPS) is 13.9. The highest BCUT2D eigenvalue weighted by molar-refractivity contribution is 6.07. The standard InChI is InChI=1S/C26H22N6O4/c1-16(33)23-24(31-10-12-35-13-11-31)18-6-5-17(14-21(18)36-25(23)34)29-26-27-8-7-19(30-26)20-15-28-22-4-2-3-9-32(20)22/h2-9,14-15H,10-13H2,1H3,(H,27,29,30). The molecule has 10 nitrogen and oxygen atoms in total. The molecule has 0 spiro atoms. The molecule has 1 aliphatic heterocycles. The van der Waals surface area contributed by atoms with Crippen molar-refractivity contribution in [1.82, 2.24) is 19.4 Å². The summed E-state index contributed by atoms with van der Waals surface area (Å²) in [6, 6.07) is 13.0. The van der Waals surface area contributed by atoms with Crippen molar-refractivity contribution >= 4 is 39.7 Å². The van der Waals surface area contributed by atoms with Crippen molar-refractivity contribution in [3.05, 3.63) is 77.0 Å². The predicted molar refractivity (Wildman–Crippen MR) is 135 cm³/mol. The molecule has 4 aromatic heterocycles. The number of morpholine rings is 1. The zero-order chi connectivity index (χ0) is 24.6. The summed E-state index contributed by atoms with van der Waals surface area (Å²) in [5.74, 6) is 0.0563. The first kappa shape index (κ1) is 21.9. The highest BCUT2D eigenvalue weighted by atomic mass is 16.5. The fourth-order valence-electron chi connectivity index (χ4n) is 4.50. The lowest BCUT2D eigenvalue weighted by Gasteiger charge is -2.30. The summed E-state index contributed by atoms with van der Waals surface area (Å²) in [4.78, 5) is 40.5. The monoisotopic (exact) mass is 482 g/mol. The van der Waals surface area contributed by atoms with E-state index in [9.17, 15) is 9.59 Å². The molecular formula is C26H22N6O4. The van der Waals surface area contributed by atoms with Crippen LogP contribution in [0.4, 0.5) is 17.3 Å². The highest BCUT2D eigenvalue weighted by Gasteiger charge is 2.24. The Bertz CT molecular complexity index is 1670. The maximum absolute atomic E-state index is 12.8. The first-order valence-corrected chi connectivity index (χ1v) is 11.6. The lowest BCUT2D eigenvalue weighted by Crippen LogP contribution is -2.38. The SMILES string of the molecule is CC(=O)c1c(N2CCOCC2)c2ccc(Nc3nccc(-c4cnc5ccccn45)n3)cc2oc1=O. The molecule has 1 saturated heterocycles. The van der Waals surface area contributed by atoms with E-state index in [1.54, 1.807) is 18.5 Å². The van der Waals surface area contributed by atoms with Gasteiger partial charge in [0.25, 0.3) is 0 Å². The van der Waals surface area contributed by atoms with Gasteiger partial charge in [-0.15, -0.1) is 0 Å². The van der Waals surface area contributed by atoms with E-state index in [1.807, 2.05) is 51.9 Å². The minimum absolute atomic E-state index is 0.0641. The van der Waals surface area contributed by atoms with Crippen LogP contribution < -0.4 is 15.8 Å². The number of aromatic nitrogens is 4. The van der Waals surface area contributed by atoms with Crippen LogP contribution in [0, 0.1) is 0 Å². The maximum atomic E-state index is 12.8. The first-order valence-electron chi connectivity index (χ1n) is 11.6. The molecule has 0 atom stereocenters. The number of nitrogens with one attached hydrogen (secondary N) is 1. The summed E-state index contributed by atoms with van der Waals surface area (Å²) >= 11 is 0. The van der Waals surface area contributed by atoms with Crippen molar-refractivity contribution in [1.29, 1.82) is 0 Å². The number of hydrogen-bond donors (Lipinski definition) is 1. The molecule has 1 N–H and O–H groups in total. The third kappa shape index (κ3) is 3.87. The van der Waals surface area contributed by atoms with Crippen LogP contribution in [-0.4, -0.2) is 51.4 Å². The Labute approximate surface area is 205 Å². The number of nitrogens with zero attached hydrogens (tertiary/aromatic N) is 5. The molecule has 1 fully saturated rings. The van der Waals surface area contributed by atoms with Gasteiger partial charge in [-0.3, -0.25) is 9.20 Å².